The number of carbonyl (C=O) groups is 2. The van der Waals surface area contributed by atoms with Crippen molar-refractivity contribution in [1.29, 1.82) is 0 Å². The molecule has 1 aromatic heterocycles. The highest BCUT2D eigenvalue weighted by molar-refractivity contribution is 7.99. The number of urea groups is 1. The van der Waals surface area contributed by atoms with E-state index in [4.69, 9.17) is 4.74 Å². The molecule has 28 heavy (non-hydrogen) atoms. The summed E-state index contributed by atoms with van der Waals surface area (Å²) in [4.78, 5) is 24.4. The van der Waals surface area contributed by atoms with Crippen molar-refractivity contribution in [2.45, 2.75) is 31.5 Å². The summed E-state index contributed by atoms with van der Waals surface area (Å²) in [6.07, 6.45) is 0.595. The molecule has 0 saturated heterocycles. The van der Waals surface area contributed by atoms with Crippen LogP contribution in [0.1, 0.15) is 20.3 Å². The maximum Gasteiger partial charge on any atom is 0.337 e. The molecule has 1 aromatic carbocycles. The van der Waals surface area contributed by atoms with Gasteiger partial charge >= 0.3 is 12.0 Å². The fraction of sp³-hybridized carbons (Fsp3) is 0.368. The van der Waals surface area contributed by atoms with Gasteiger partial charge in [-0.2, -0.15) is 0 Å². The Balaban J connectivity index is 1.84. The van der Waals surface area contributed by atoms with Gasteiger partial charge < -0.3 is 19.9 Å². The zero-order valence-corrected chi connectivity index (χ0v) is 16.9. The second-order valence-corrected chi connectivity index (χ2v) is 7.13. The lowest BCUT2D eigenvalue weighted by molar-refractivity contribution is -0.139. The highest BCUT2D eigenvalue weighted by Crippen LogP contribution is 2.26. The number of carbonyl (C=O) groups excluding carboxylic acids is 2. The van der Waals surface area contributed by atoms with Crippen LogP contribution in [0.15, 0.2) is 46.8 Å². The van der Waals surface area contributed by atoms with Crippen molar-refractivity contribution in [3.05, 3.63) is 41.6 Å². The van der Waals surface area contributed by atoms with Gasteiger partial charge in [0.1, 0.15) is 0 Å². The molecule has 148 valence electrons. The van der Waals surface area contributed by atoms with E-state index in [9.17, 15) is 9.59 Å². The predicted octanol–water partition coefficient (Wildman–Crippen LogP) is 2.48. The average molecular weight is 401 g/mol. The van der Waals surface area contributed by atoms with Crippen LogP contribution in [-0.4, -0.2) is 45.2 Å². The number of ether oxygens (including phenoxy) is 1. The summed E-state index contributed by atoms with van der Waals surface area (Å²) in [5.74, 6) is 0.711. The number of thioether (sulfide) groups is 1. The monoisotopic (exact) mass is 401 g/mol. The Morgan fingerprint density at radius 1 is 1.25 bits per heavy atom. The number of aromatic nitrogens is 3. The van der Waals surface area contributed by atoms with Crippen LogP contribution in [0, 0.1) is 0 Å². The molecular formula is C19H23N5O3S. The number of hydrogen-bond donors (Lipinski definition) is 2. The van der Waals surface area contributed by atoms with Gasteiger partial charge in [0.05, 0.1) is 18.2 Å². The molecule has 1 aliphatic rings. The second kappa shape index (κ2) is 8.92. The SMILES string of the molecule is CCOC(=O)C1=C(CSc2nnc(-c3ccccc3)n2C)NC(=O)N[C@@H]1CC. The third-order valence-electron chi connectivity index (χ3n) is 4.36. The maximum atomic E-state index is 12.4. The highest BCUT2D eigenvalue weighted by atomic mass is 32.2. The van der Waals surface area contributed by atoms with Crippen LogP contribution in [0.3, 0.4) is 0 Å². The first-order valence-corrected chi connectivity index (χ1v) is 10.1. The van der Waals surface area contributed by atoms with E-state index < -0.39 is 5.97 Å². The van der Waals surface area contributed by atoms with E-state index in [1.165, 1.54) is 11.8 Å². The molecule has 2 N–H and O–H groups in total. The largest absolute Gasteiger partial charge is 0.463 e. The molecule has 0 unspecified atom stereocenters. The van der Waals surface area contributed by atoms with Crippen molar-refractivity contribution in [2.75, 3.05) is 12.4 Å². The Hall–Kier alpha value is -2.81. The first-order valence-electron chi connectivity index (χ1n) is 9.10. The number of rotatable bonds is 7. The normalized spacial score (nSPS) is 16.5. The average Bonchev–Trinajstić information content (AvgIpc) is 3.07. The molecule has 2 aromatic rings. The molecule has 0 spiro atoms. The molecule has 1 atom stereocenters. The summed E-state index contributed by atoms with van der Waals surface area (Å²) in [5.41, 5.74) is 1.97. The van der Waals surface area contributed by atoms with Crippen LogP contribution in [0.2, 0.25) is 0 Å². The Morgan fingerprint density at radius 3 is 2.68 bits per heavy atom. The molecule has 0 bridgehead atoms. The lowest BCUT2D eigenvalue weighted by Gasteiger charge is -2.28. The molecule has 0 saturated carbocycles. The van der Waals surface area contributed by atoms with Crippen molar-refractivity contribution in [1.82, 2.24) is 25.4 Å². The van der Waals surface area contributed by atoms with Crippen molar-refractivity contribution in [2.24, 2.45) is 7.05 Å². The third kappa shape index (κ3) is 4.19. The summed E-state index contributed by atoms with van der Waals surface area (Å²) in [5, 5.41) is 14.7. The fourth-order valence-electron chi connectivity index (χ4n) is 2.99. The summed E-state index contributed by atoms with van der Waals surface area (Å²) in [6.45, 7) is 3.94. The number of hydrogen-bond acceptors (Lipinski definition) is 6. The summed E-state index contributed by atoms with van der Waals surface area (Å²) in [6, 6.07) is 9.09. The van der Waals surface area contributed by atoms with E-state index in [0.717, 1.165) is 11.4 Å². The molecule has 0 fully saturated rings. The zero-order chi connectivity index (χ0) is 20.1. The molecular weight excluding hydrogens is 378 g/mol. The second-order valence-electron chi connectivity index (χ2n) is 6.19. The van der Waals surface area contributed by atoms with Gasteiger partial charge in [-0.1, -0.05) is 49.0 Å². The zero-order valence-electron chi connectivity index (χ0n) is 16.1. The van der Waals surface area contributed by atoms with Crippen LogP contribution in [0.5, 0.6) is 0 Å². The first-order chi connectivity index (χ1) is 13.5. The fourth-order valence-corrected chi connectivity index (χ4v) is 3.87. The lowest BCUT2D eigenvalue weighted by Crippen LogP contribution is -2.50. The van der Waals surface area contributed by atoms with E-state index in [1.807, 2.05) is 48.9 Å². The van der Waals surface area contributed by atoms with E-state index in [1.54, 1.807) is 6.92 Å². The molecule has 1 aliphatic heterocycles. The molecule has 9 heteroatoms. The number of nitrogens with zero attached hydrogens (tertiary/aromatic N) is 3. The Morgan fingerprint density at radius 2 is 2.00 bits per heavy atom. The molecule has 2 heterocycles. The smallest absolute Gasteiger partial charge is 0.337 e. The van der Waals surface area contributed by atoms with Crippen molar-refractivity contribution >= 4 is 23.8 Å². The van der Waals surface area contributed by atoms with Gasteiger partial charge in [-0.15, -0.1) is 10.2 Å². The van der Waals surface area contributed by atoms with E-state index >= 15 is 0 Å². The van der Waals surface area contributed by atoms with Gasteiger partial charge in [0.25, 0.3) is 0 Å². The molecule has 0 radical (unpaired) electrons. The predicted molar refractivity (Wildman–Crippen MR) is 107 cm³/mol. The van der Waals surface area contributed by atoms with Crippen molar-refractivity contribution < 1.29 is 14.3 Å². The van der Waals surface area contributed by atoms with Gasteiger partial charge in [0.15, 0.2) is 11.0 Å². The Labute approximate surface area is 167 Å². The quantitative estimate of drug-likeness (QED) is 0.546. The van der Waals surface area contributed by atoms with Crippen LogP contribution < -0.4 is 10.6 Å². The van der Waals surface area contributed by atoms with Crippen molar-refractivity contribution in [3.8, 4) is 11.4 Å². The highest BCUT2D eigenvalue weighted by Gasteiger charge is 2.31. The van der Waals surface area contributed by atoms with E-state index in [0.29, 0.717) is 28.6 Å². The number of esters is 1. The van der Waals surface area contributed by atoms with Gasteiger partial charge in [0, 0.05) is 24.1 Å². The summed E-state index contributed by atoms with van der Waals surface area (Å²) >= 11 is 1.40. The van der Waals surface area contributed by atoms with Crippen molar-refractivity contribution in [3.63, 3.8) is 0 Å². The van der Waals surface area contributed by atoms with Gasteiger partial charge in [0.2, 0.25) is 0 Å². The van der Waals surface area contributed by atoms with Gasteiger partial charge in [-0.25, -0.2) is 9.59 Å². The number of benzene rings is 1. The summed E-state index contributed by atoms with van der Waals surface area (Å²) in [7, 11) is 1.89. The van der Waals surface area contributed by atoms with E-state index in [-0.39, 0.29) is 18.7 Å². The number of nitrogens with one attached hydrogen (secondary N) is 2. The first kappa shape index (κ1) is 19.9. The topological polar surface area (TPSA) is 98.1 Å². The molecule has 8 nitrogen and oxygen atoms in total. The molecule has 0 aliphatic carbocycles. The van der Waals surface area contributed by atoms with Gasteiger partial charge in [-0.05, 0) is 13.3 Å². The van der Waals surface area contributed by atoms with Crippen LogP contribution >= 0.6 is 11.8 Å². The van der Waals surface area contributed by atoms with E-state index in [2.05, 4.69) is 20.8 Å². The Bertz CT molecular complexity index is 894. The van der Waals surface area contributed by atoms with Crippen LogP contribution in [0.25, 0.3) is 11.4 Å². The minimum atomic E-state index is -0.416. The molecule has 3 rings (SSSR count). The maximum absolute atomic E-state index is 12.4. The molecule has 2 amide bonds. The summed E-state index contributed by atoms with van der Waals surface area (Å²) < 4.78 is 7.08. The Kier molecular flexibility index (Phi) is 6.35. The van der Waals surface area contributed by atoms with Gasteiger partial charge in [-0.3, -0.25) is 0 Å². The number of amides is 2. The van der Waals surface area contributed by atoms with Crippen LogP contribution in [-0.2, 0) is 16.6 Å². The van der Waals surface area contributed by atoms with Crippen LogP contribution in [0.4, 0.5) is 4.79 Å². The minimum Gasteiger partial charge on any atom is -0.463 e. The minimum absolute atomic E-state index is 0.275. The third-order valence-corrected chi connectivity index (χ3v) is 5.41. The standard InChI is InChI=1S/C19H23N5O3S/c1-4-13-15(17(25)27-5-2)14(21-18(26)20-13)11-28-19-23-22-16(24(19)3)12-9-7-6-8-10-12/h6-10,13H,4-5,11H2,1-3H3,(H2,20,21,26)/t13-/m1/s1. The lowest BCUT2D eigenvalue weighted by atomic mass is 10.0.